The summed E-state index contributed by atoms with van der Waals surface area (Å²) in [5.74, 6) is 0. The maximum absolute atomic E-state index is 9.38. The van der Waals surface area contributed by atoms with E-state index in [-0.39, 0.29) is 6.61 Å². The number of hydrogen-bond acceptors (Lipinski definition) is 6. The number of likely N-dealkylation sites (tertiary alicyclic amines) is 1. The van der Waals surface area contributed by atoms with Crippen LogP contribution in [-0.2, 0) is 6.61 Å². The molecule has 0 unspecified atom stereocenters. The van der Waals surface area contributed by atoms with Crippen molar-refractivity contribution in [2.75, 3.05) is 31.1 Å². The molecule has 0 aliphatic carbocycles. The Morgan fingerprint density at radius 1 is 1.00 bits per heavy atom. The largest absolute Gasteiger partial charge is 0.422 e. The fourth-order valence-corrected chi connectivity index (χ4v) is 4.66. The van der Waals surface area contributed by atoms with Gasteiger partial charge in [0.25, 0.3) is 6.01 Å². The van der Waals surface area contributed by atoms with E-state index in [1.807, 2.05) is 36.5 Å². The van der Waals surface area contributed by atoms with Crippen LogP contribution in [0.25, 0.3) is 22.4 Å². The number of benzene rings is 1. The Kier molecular flexibility index (Phi) is 5.21. The molecular formula is C23H28N4O2. The van der Waals surface area contributed by atoms with Gasteiger partial charge < -0.3 is 19.3 Å². The molecule has 0 amide bonds. The standard InChI is InChI=1S/C23H28N4O2/c28-16-17-5-4-6-18(13-17)19-14-21-22(24-15-19)25-23(29-21)27-11-7-20(8-12-27)26-9-2-1-3-10-26/h4-6,13-15,20,28H,1-3,7-12,16H2. The summed E-state index contributed by atoms with van der Waals surface area (Å²) in [5, 5.41) is 9.38. The summed E-state index contributed by atoms with van der Waals surface area (Å²) in [5.41, 5.74) is 4.24. The quantitative estimate of drug-likeness (QED) is 0.728. The first-order valence-electron chi connectivity index (χ1n) is 10.8. The molecule has 6 heteroatoms. The van der Waals surface area contributed by atoms with Gasteiger partial charge in [0.05, 0.1) is 6.61 Å². The Balaban J connectivity index is 1.31. The highest BCUT2D eigenvalue weighted by Crippen LogP contribution is 2.29. The van der Waals surface area contributed by atoms with Crippen molar-refractivity contribution >= 4 is 17.2 Å². The number of pyridine rings is 1. The lowest BCUT2D eigenvalue weighted by molar-refractivity contribution is 0.140. The van der Waals surface area contributed by atoms with E-state index in [2.05, 4.69) is 19.8 Å². The van der Waals surface area contributed by atoms with Crippen molar-refractivity contribution in [3.05, 3.63) is 42.1 Å². The molecule has 152 valence electrons. The van der Waals surface area contributed by atoms with Gasteiger partial charge in [-0.3, -0.25) is 0 Å². The van der Waals surface area contributed by atoms with Gasteiger partial charge in [-0.25, -0.2) is 4.98 Å². The lowest BCUT2D eigenvalue weighted by Gasteiger charge is -2.39. The molecule has 5 rings (SSSR count). The van der Waals surface area contributed by atoms with E-state index < -0.39 is 0 Å². The topological polar surface area (TPSA) is 65.6 Å². The maximum Gasteiger partial charge on any atom is 0.299 e. The van der Waals surface area contributed by atoms with E-state index in [1.165, 1.54) is 45.2 Å². The smallest absolute Gasteiger partial charge is 0.299 e. The fourth-order valence-electron chi connectivity index (χ4n) is 4.66. The monoisotopic (exact) mass is 392 g/mol. The van der Waals surface area contributed by atoms with Gasteiger partial charge in [0, 0.05) is 30.9 Å². The molecule has 0 bridgehead atoms. The van der Waals surface area contributed by atoms with E-state index in [9.17, 15) is 5.11 Å². The number of rotatable bonds is 4. The summed E-state index contributed by atoms with van der Waals surface area (Å²) in [4.78, 5) is 14.1. The van der Waals surface area contributed by atoms with Crippen LogP contribution in [0.3, 0.4) is 0 Å². The number of aliphatic hydroxyl groups excluding tert-OH is 1. The third-order valence-corrected chi connectivity index (χ3v) is 6.32. The Morgan fingerprint density at radius 2 is 1.83 bits per heavy atom. The average Bonchev–Trinajstić information content (AvgIpc) is 3.23. The fraction of sp³-hybridized carbons (Fsp3) is 0.478. The molecule has 0 spiro atoms. The molecule has 6 nitrogen and oxygen atoms in total. The first kappa shape index (κ1) is 18.6. The van der Waals surface area contributed by atoms with Crippen LogP contribution in [0.5, 0.6) is 0 Å². The highest BCUT2D eigenvalue weighted by atomic mass is 16.4. The zero-order chi connectivity index (χ0) is 19.6. The zero-order valence-corrected chi connectivity index (χ0v) is 16.8. The number of piperidine rings is 2. The Labute approximate surface area is 171 Å². The number of aliphatic hydroxyl groups is 1. The van der Waals surface area contributed by atoms with Crippen LogP contribution in [0.4, 0.5) is 6.01 Å². The van der Waals surface area contributed by atoms with Gasteiger partial charge in [-0.1, -0.05) is 24.6 Å². The van der Waals surface area contributed by atoms with Crippen LogP contribution in [0.2, 0.25) is 0 Å². The van der Waals surface area contributed by atoms with Gasteiger partial charge in [-0.05, 0) is 62.0 Å². The van der Waals surface area contributed by atoms with Gasteiger partial charge in [0.2, 0.25) is 5.65 Å². The first-order chi connectivity index (χ1) is 14.3. The number of anilines is 1. The molecule has 0 radical (unpaired) electrons. The van der Waals surface area contributed by atoms with Gasteiger partial charge in [0.1, 0.15) is 0 Å². The summed E-state index contributed by atoms with van der Waals surface area (Å²) in [6, 6.07) is 11.2. The van der Waals surface area contributed by atoms with Crippen molar-refractivity contribution in [2.24, 2.45) is 0 Å². The average molecular weight is 393 g/mol. The van der Waals surface area contributed by atoms with Gasteiger partial charge in [-0.2, -0.15) is 4.98 Å². The minimum Gasteiger partial charge on any atom is -0.422 e. The summed E-state index contributed by atoms with van der Waals surface area (Å²) in [7, 11) is 0. The van der Waals surface area contributed by atoms with Gasteiger partial charge in [-0.15, -0.1) is 0 Å². The van der Waals surface area contributed by atoms with E-state index in [4.69, 9.17) is 4.42 Å². The second-order valence-electron chi connectivity index (χ2n) is 8.22. The van der Waals surface area contributed by atoms with Crippen LogP contribution < -0.4 is 4.90 Å². The lowest BCUT2D eigenvalue weighted by atomic mass is 10.0. The number of aromatic nitrogens is 2. The van der Waals surface area contributed by atoms with Crippen molar-refractivity contribution in [1.82, 2.24) is 14.9 Å². The van der Waals surface area contributed by atoms with E-state index in [1.54, 1.807) is 0 Å². The van der Waals surface area contributed by atoms with Crippen LogP contribution in [0.1, 0.15) is 37.7 Å². The summed E-state index contributed by atoms with van der Waals surface area (Å²) in [6.07, 6.45) is 8.25. The highest BCUT2D eigenvalue weighted by molar-refractivity contribution is 5.77. The second kappa shape index (κ2) is 8.13. The molecule has 2 saturated heterocycles. The van der Waals surface area contributed by atoms with E-state index in [0.717, 1.165) is 29.8 Å². The molecule has 0 atom stereocenters. The molecule has 4 heterocycles. The molecule has 1 aromatic carbocycles. The number of hydrogen-bond donors (Lipinski definition) is 1. The Hall–Kier alpha value is -2.44. The Morgan fingerprint density at radius 3 is 2.62 bits per heavy atom. The van der Waals surface area contributed by atoms with Crippen molar-refractivity contribution < 1.29 is 9.52 Å². The molecule has 1 N–H and O–H groups in total. The number of nitrogens with zero attached hydrogens (tertiary/aromatic N) is 4. The van der Waals surface area contributed by atoms with Crippen molar-refractivity contribution in [1.29, 1.82) is 0 Å². The molecule has 29 heavy (non-hydrogen) atoms. The van der Waals surface area contributed by atoms with Crippen molar-refractivity contribution in [3.63, 3.8) is 0 Å². The summed E-state index contributed by atoms with van der Waals surface area (Å²) in [6.45, 7) is 4.53. The number of fused-ring (bicyclic) bond motifs is 1. The first-order valence-corrected chi connectivity index (χ1v) is 10.8. The van der Waals surface area contributed by atoms with Crippen LogP contribution in [0, 0.1) is 0 Å². The molecule has 0 saturated carbocycles. The zero-order valence-electron chi connectivity index (χ0n) is 16.8. The lowest BCUT2D eigenvalue weighted by Crippen LogP contribution is -2.46. The molecule has 2 aromatic heterocycles. The van der Waals surface area contributed by atoms with Crippen LogP contribution in [-0.4, -0.2) is 52.2 Å². The van der Waals surface area contributed by atoms with Gasteiger partial charge >= 0.3 is 0 Å². The summed E-state index contributed by atoms with van der Waals surface area (Å²) >= 11 is 0. The molecule has 2 aliphatic rings. The highest BCUT2D eigenvalue weighted by Gasteiger charge is 2.27. The second-order valence-corrected chi connectivity index (χ2v) is 8.22. The summed E-state index contributed by atoms with van der Waals surface area (Å²) < 4.78 is 6.10. The van der Waals surface area contributed by atoms with Crippen LogP contribution in [0.15, 0.2) is 40.9 Å². The molecule has 3 aromatic rings. The van der Waals surface area contributed by atoms with E-state index in [0.29, 0.717) is 23.3 Å². The maximum atomic E-state index is 9.38. The van der Waals surface area contributed by atoms with E-state index >= 15 is 0 Å². The Bertz CT molecular complexity index is 972. The SMILES string of the molecule is OCc1cccc(-c2cnc3nc(N4CCC(N5CCCCC5)CC4)oc3c2)c1. The minimum atomic E-state index is 0.0311. The third kappa shape index (κ3) is 3.87. The minimum absolute atomic E-state index is 0.0311. The molecular weight excluding hydrogens is 364 g/mol. The van der Waals surface area contributed by atoms with Gasteiger partial charge in [0.15, 0.2) is 5.58 Å². The predicted molar refractivity (Wildman–Crippen MR) is 114 cm³/mol. The normalized spacial score (nSPS) is 19.1. The third-order valence-electron chi connectivity index (χ3n) is 6.32. The van der Waals surface area contributed by atoms with Crippen molar-refractivity contribution in [3.8, 4) is 11.1 Å². The molecule has 2 fully saturated rings. The van der Waals surface area contributed by atoms with Crippen molar-refractivity contribution in [2.45, 2.75) is 44.8 Å². The predicted octanol–water partition coefficient (Wildman–Crippen LogP) is 3.84. The molecule has 2 aliphatic heterocycles. The number of oxazole rings is 1. The van der Waals surface area contributed by atoms with Crippen LogP contribution >= 0.6 is 0 Å².